The number of nitrogens with one attached hydrogen (secondary N) is 1. The molecule has 0 unspecified atom stereocenters. The Morgan fingerprint density at radius 2 is 1.81 bits per heavy atom. The molecular formula is C14H20N2. The van der Waals surface area contributed by atoms with Gasteiger partial charge in [0.05, 0.1) is 0 Å². The molecule has 0 spiro atoms. The highest BCUT2D eigenvalue weighted by molar-refractivity contribution is 5.17. The minimum absolute atomic E-state index is 1.05. The molecule has 2 rings (SSSR count). The average molecular weight is 216 g/mol. The van der Waals surface area contributed by atoms with Gasteiger partial charge in [-0.1, -0.05) is 42.5 Å². The van der Waals surface area contributed by atoms with Crippen molar-refractivity contribution in [2.24, 2.45) is 0 Å². The summed E-state index contributed by atoms with van der Waals surface area (Å²) in [7, 11) is 0. The quantitative estimate of drug-likeness (QED) is 0.771. The smallest absolute Gasteiger partial charge is 0.0164 e. The molecule has 2 nitrogen and oxygen atoms in total. The highest BCUT2D eigenvalue weighted by Crippen LogP contribution is 2.00. The molecule has 0 bridgehead atoms. The largest absolute Gasteiger partial charge is 0.314 e. The maximum absolute atomic E-state index is 3.37. The zero-order valence-corrected chi connectivity index (χ0v) is 9.73. The number of piperazine rings is 1. The van der Waals surface area contributed by atoms with Crippen molar-refractivity contribution in [3.63, 3.8) is 0 Å². The highest BCUT2D eigenvalue weighted by Gasteiger charge is 2.06. The van der Waals surface area contributed by atoms with Gasteiger partial charge in [0.25, 0.3) is 0 Å². The Morgan fingerprint density at radius 3 is 2.56 bits per heavy atom. The molecule has 1 N–H and O–H groups in total. The van der Waals surface area contributed by atoms with Crippen LogP contribution < -0.4 is 5.32 Å². The number of benzene rings is 1. The Hall–Kier alpha value is -1.12. The Morgan fingerprint density at radius 1 is 1.06 bits per heavy atom. The second-order valence-corrected chi connectivity index (χ2v) is 4.21. The molecule has 1 heterocycles. The van der Waals surface area contributed by atoms with Crippen LogP contribution in [0.1, 0.15) is 5.56 Å². The lowest BCUT2D eigenvalue weighted by Gasteiger charge is -2.25. The van der Waals surface area contributed by atoms with Crippen LogP contribution in [0, 0.1) is 0 Å². The standard InChI is InChI=1S/C14H20N2/c1-2-6-14(7-3-1)8-4-5-11-16-12-9-15-10-13-16/h1-7,15H,8-13H2/b5-4-. The van der Waals surface area contributed by atoms with Crippen LogP contribution in [0.5, 0.6) is 0 Å². The fourth-order valence-corrected chi connectivity index (χ4v) is 1.95. The van der Waals surface area contributed by atoms with Gasteiger partial charge in [-0.15, -0.1) is 0 Å². The van der Waals surface area contributed by atoms with Crippen molar-refractivity contribution >= 4 is 0 Å². The molecular weight excluding hydrogens is 196 g/mol. The predicted molar refractivity (Wildman–Crippen MR) is 68.6 cm³/mol. The molecule has 1 aromatic rings. The summed E-state index contributed by atoms with van der Waals surface area (Å²) in [6, 6.07) is 10.6. The van der Waals surface area contributed by atoms with Gasteiger partial charge in [0.2, 0.25) is 0 Å². The maximum atomic E-state index is 3.37. The normalized spacial score (nSPS) is 18.0. The molecule has 1 saturated heterocycles. The Labute approximate surface area is 98.0 Å². The van der Waals surface area contributed by atoms with Gasteiger partial charge in [0.15, 0.2) is 0 Å². The van der Waals surface area contributed by atoms with Crippen molar-refractivity contribution in [2.45, 2.75) is 6.42 Å². The fourth-order valence-electron chi connectivity index (χ4n) is 1.95. The molecule has 16 heavy (non-hydrogen) atoms. The number of allylic oxidation sites excluding steroid dienone is 1. The van der Waals surface area contributed by atoms with Gasteiger partial charge in [-0.05, 0) is 12.0 Å². The number of hydrogen-bond donors (Lipinski definition) is 1. The van der Waals surface area contributed by atoms with E-state index in [4.69, 9.17) is 0 Å². The summed E-state index contributed by atoms with van der Waals surface area (Å²) in [6.07, 6.45) is 5.61. The van der Waals surface area contributed by atoms with Gasteiger partial charge in [-0.25, -0.2) is 0 Å². The molecule has 1 fully saturated rings. The molecule has 0 aromatic heterocycles. The second kappa shape index (κ2) is 6.46. The van der Waals surface area contributed by atoms with E-state index in [1.54, 1.807) is 0 Å². The third-order valence-corrected chi connectivity index (χ3v) is 2.94. The first-order valence-corrected chi connectivity index (χ1v) is 6.07. The zero-order chi connectivity index (χ0) is 11.1. The SMILES string of the molecule is C(=C/CN1CCNCC1)/Cc1ccccc1. The van der Waals surface area contributed by atoms with Crippen LogP contribution in [0.15, 0.2) is 42.5 Å². The maximum Gasteiger partial charge on any atom is 0.0164 e. The Balaban J connectivity index is 1.69. The summed E-state index contributed by atoms with van der Waals surface area (Å²) in [5, 5.41) is 3.37. The van der Waals surface area contributed by atoms with E-state index < -0.39 is 0 Å². The third-order valence-electron chi connectivity index (χ3n) is 2.94. The van der Waals surface area contributed by atoms with Crippen LogP contribution in [0.3, 0.4) is 0 Å². The van der Waals surface area contributed by atoms with E-state index in [-0.39, 0.29) is 0 Å². The molecule has 86 valence electrons. The number of hydrogen-bond acceptors (Lipinski definition) is 2. The van der Waals surface area contributed by atoms with Crippen LogP contribution in [0.2, 0.25) is 0 Å². The van der Waals surface area contributed by atoms with Gasteiger partial charge in [-0.3, -0.25) is 4.90 Å². The molecule has 0 amide bonds. The van der Waals surface area contributed by atoms with E-state index in [9.17, 15) is 0 Å². The summed E-state index contributed by atoms with van der Waals surface area (Å²) >= 11 is 0. The van der Waals surface area contributed by atoms with Gasteiger partial charge in [-0.2, -0.15) is 0 Å². The predicted octanol–water partition coefficient (Wildman–Crippen LogP) is 1.69. The first-order valence-electron chi connectivity index (χ1n) is 6.07. The van der Waals surface area contributed by atoms with Gasteiger partial charge >= 0.3 is 0 Å². The highest BCUT2D eigenvalue weighted by atomic mass is 15.2. The van der Waals surface area contributed by atoms with Crippen molar-refractivity contribution in [2.75, 3.05) is 32.7 Å². The lowest BCUT2D eigenvalue weighted by atomic mass is 10.1. The lowest BCUT2D eigenvalue weighted by molar-refractivity contribution is 0.264. The lowest BCUT2D eigenvalue weighted by Crippen LogP contribution is -2.43. The van der Waals surface area contributed by atoms with E-state index in [2.05, 4.69) is 52.7 Å². The van der Waals surface area contributed by atoms with Crippen LogP contribution in [-0.4, -0.2) is 37.6 Å². The monoisotopic (exact) mass is 216 g/mol. The molecule has 0 atom stereocenters. The molecule has 2 heteroatoms. The summed E-state index contributed by atoms with van der Waals surface area (Å²) in [4.78, 5) is 2.48. The van der Waals surface area contributed by atoms with Crippen LogP contribution in [0.4, 0.5) is 0 Å². The fraction of sp³-hybridized carbons (Fsp3) is 0.429. The summed E-state index contributed by atoms with van der Waals surface area (Å²) in [5.74, 6) is 0. The first-order chi connectivity index (χ1) is 7.95. The number of rotatable bonds is 4. The van der Waals surface area contributed by atoms with E-state index in [1.165, 1.54) is 18.7 Å². The van der Waals surface area contributed by atoms with Crippen molar-refractivity contribution in [3.05, 3.63) is 48.0 Å². The van der Waals surface area contributed by atoms with E-state index >= 15 is 0 Å². The molecule has 0 saturated carbocycles. The van der Waals surface area contributed by atoms with Gasteiger partial charge in [0.1, 0.15) is 0 Å². The topological polar surface area (TPSA) is 15.3 Å². The van der Waals surface area contributed by atoms with E-state index in [0.717, 1.165) is 26.1 Å². The van der Waals surface area contributed by atoms with Crippen LogP contribution in [-0.2, 0) is 6.42 Å². The van der Waals surface area contributed by atoms with Crippen LogP contribution in [0.25, 0.3) is 0 Å². The Bertz CT molecular complexity index is 313. The molecule has 0 aliphatic carbocycles. The average Bonchev–Trinajstić information content (AvgIpc) is 2.37. The Kier molecular flexibility index (Phi) is 4.59. The second-order valence-electron chi connectivity index (χ2n) is 4.21. The van der Waals surface area contributed by atoms with Crippen LogP contribution >= 0.6 is 0 Å². The van der Waals surface area contributed by atoms with Crippen molar-refractivity contribution in [1.82, 2.24) is 10.2 Å². The van der Waals surface area contributed by atoms with E-state index in [0.29, 0.717) is 0 Å². The molecule has 1 aliphatic rings. The summed E-state index contributed by atoms with van der Waals surface area (Å²) in [6.45, 7) is 5.71. The molecule has 1 aromatic carbocycles. The van der Waals surface area contributed by atoms with Crippen molar-refractivity contribution < 1.29 is 0 Å². The van der Waals surface area contributed by atoms with Crippen molar-refractivity contribution in [1.29, 1.82) is 0 Å². The third kappa shape index (κ3) is 3.80. The van der Waals surface area contributed by atoms with Gasteiger partial charge < -0.3 is 5.32 Å². The van der Waals surface area contributed by atoms with E-state index in [1.807, 2.05) is 0 Å². The number of nitrogens with zero attached hydrogens (tertiary/aromatic N) is 1. The minimum atomic E-state index is 1.05. The summed E-state index contributed by atoms with van der Waals surface area (Å²) in [5.41, 5.74) is 1.39. The minimum Gasteiger partial charge on any atom is -0.314 e. The first kappa shape index (κ1) is 11.4. The van der Waals surface area contributed by atoms with Gasteiger partial charge in [0, 0.05) is 32.7 Å². The zero-order valence-electron chi connectivity index (χ0n) is 9.73. The summed E-state index contributed by atoms with van der Waals surface area (Å²) < 4.78 is 0. The molecule has 0 radical (unpaired) electrons. The van der Waals surface area contributed by atoms with Crippen molar-refractivity contribution in [3.8, 4) is 0 Å². The molecule has 1 aliphatic heterocycles.